The zero-order valence-electron chi connectivity index (χ0n) is 8.35. The van der Waals surface area contributed by atoms with Gasteiger partial charge in [0, 0.05) is 5.75 Å². The Morgan fingerprint density at radius 3 is 2.80 bits per heavy atom. The lowest BCUT2D eigenvalue weighted by atomic mass is 10.1. The molecule has 0 amide bonds. The molecule has 0 spiro atoms. The second-order valence-corrected chi connectivity index (χ2v) is 4.81. The molecule has 1 nitrogen and oxygen atoms in total. The van der Waals surface area contributed by atoms with Crippen molar-refractivity contribution in [3.8, 4) is 0 Å². The van der Waals surface area contributed by atoms with Gasteiger partial charge in [-0.25, -0.2) is 0 Å². The van der Waals surface area contributed by atoms with E-state index in [0.717, 1.165) is 12.4 Å². The van der Waals surface area contributed by atoms with Gasteiger partial charge in [-0.05, 0) is 16.3 Å². The second-order valence-electron chi connectivity index (χ2n) is 3.64. The highest BCUT2D eigenvalue weighted by Crippen LogP contribution is 2.38. The minimum atomic E-state index is 0.232. The van der Waals surface area contributed by atoms with Crippen LogP contribution in [0.3, 0.4) is 0 Å². The standard InChI is InChI=1S/C13H12OS/c1-2-6-11-10(4-1)5-3-7-12(11)13-14-8-9-15-13/h1-7,13H,8-9H2. The number of rotatable bonds is 1. The van der Waals surface area contributed by atoms with Crippen LogP contribution in [0.4, 0.5) is 0 Å². The van der Waals surface area contributed by atoms with Crippen molar-refractivity contribution in [1.29, 1.82) is 0 Å². The van der Waals surface area contributed by atoms with Gasteiger partial charge in [-0.3, -0.25) is 0 Å². The number of fused-ring (bicyclic) bond motifs is 1. The van der Waals surface area contributed by atoms with Gasteiger partial charge in [0.15, 0.2) is 0 Å². The summed E-state index contributed by atoms with van der Waals surface area (Å²) in [5.41, 5.74) is 1.55. The van der Waals surface area contributed by atoms with Gasteiger partial charge in [-0.2, -0.15) is 0 Å². The van der Waals surface area contributed by atoms with E-state index in [2.05, 4.69) is 42.5 Å². The van der Waals surface area contributed by atoms with Crippen LogP contribution in [0.2, 0.25) is 0 Å². The third-order valence-electron chi connectivity index (χ3n) is 2.70. The molecular weight excluding hydrogens is 204 g/mol. The molecule has 0 aliphatic carbocycles. The summed E-state index contributed by atoms with van der Waals surface area (Å²) < 4.78 is 5.71. The van der Waals surface area contributed by atoms with Gasteiger partial charge in [-0.15, -0.1) is 11.8 Å². The smallest absolute Gasteiger partial charge is 0.129 e. The van der Waals surface area contributed by atoms with E-state index in [1.54, 1.807) is 0 Å². The molecule has 0 bridgehead atoms. The molecule has 0 saturated carbocycles. The third kappa shape index (κ3) is 1.64. The molecule has 1 fully saturated rings. The van der Waals surface area contributed by atoms with E-state index < -0.39 is 0 Å². The summed E-state index contributed by atoms with van der Waals surface area (Å²) in [4.78, 5) is 0. The van der Waals surface area contributed by atoms with Gasteiger partial charge in [-0.1, -0.05) is 42.5 Å². The maximum absolute atomic E-state index is 5.71. The molecule has 0 N–H and O–H groups in total. The largest absolute Gasteiger partial charge is 0.362 e. The predicted octanol–water partition coefficient (Wildman–Crippen LogP) is 3.60. The van der Waals surface area contributed by atoms with Crippen LogP contribution in [0.1, 0.15) is 11.0 Å². The number of hydrogen-bond donors (Lipinski definition) is 0. The molecule has 1 unspecified atom stereocenters. The molecule has 1 heterocycles. The van der Waals surface area contributed by atoms with Crippen LogP contribution in [-0.2, 0) is 4.74 Å². The van der Waals surface area contributed by atoms with E-state index in [9.17, 15) is 0 Å². The van der Waals surface area contributed by atoms with Crippen molar-refractivity contribution < 1.29 is 4.74 Å². The predicted molar refractivity (Wildman–Crippen MR) is 65.1 cm³/mol. The first-order valence-corrected chi connectivity index (χ1v) is 6.21. The monoisotopic (exact) mass is 216 g/mol. The van der Waals surface area contributed by atoms with E-state index in [1.165, 1.54) is 16.3 Å². The van der Waals surface area contributed by atoms with E-state index in [-0.39, 0.29) is 5.44 Å². The second kappa shape index (κ2) is 3.87. The first kappa shape index (κ1) is 9.25. The molecular formula is C13H12OS. The van der Waals surface area contributed by atoms with Crippen molar-refractivity contribution >= 4 is 22.5 Å². The zero-order valence-corrected chi connectivity index (χ0v) is 9.17. The van der Waals surface area contributed by atoms with Gasteiger partial charge in [0.2, 0.25) is 0 Å². The minimum absolute atomic E-state index is 0.232. The number of hydrogen-bond acceptors (Lipinski definition) is 2. The van der Waals surface area contributed by atoms with Crippen LogP contribution in [0.25, 0.3) is 10.8 Å². The molecule has 0 radical (unpaired) electrons. The Balaban J connectivity index is 2.16. The molecule has 0 aromatic heterocycles. The fraction of sp³-hybridized carbons (Fsp3) is 0.231. The fourth-order valence-corrected chi connectivity index (χ4v) is 2.98. The van der Waals surface area contributed by atoms with Gasteiger partial charge in [0.25, 0.3) is 0 Å². The Morgan fingerprint density at radius 1 is 1.07 bits per heavy atom. The quantitative estimate of drug-likeness (QED) is 0.720. The maximum Gasteiger partial charge on any atom is 0.129 e. The van der Waals surface area contributed by atoms with Crippen LogP contribution in [0.5, 0.6) is 0 Å². The highest BCUT2D eigenvalue weighted by atomic mass is 32.2. The molecule has 1 aliphatic rings. The summed E-state index contributed by atoms with van der Waals surface area (Å²) in [5, 5.41) is 2.62. The number of ether oxygens (including phenoxy) is 1. The Kier molecular flexibility index (Phi) is 2.39. The van der Waals surface area contributed by atoms with Gasteiger partial charge < -0.3 is 4.74 Å². The van der Waals surface area contributed by atoms with Crippen molar-refractivity contribution in [3.05, 3.63) is 48.0 Å². The van der Waals surface area contributed by atoms with E-state index >= 15 is 0 Å². The molecule has 2 aromatic carbocycles. The van der Waals surface area contributed by atoms with Gasteiger partial charge >= 0.3 is 0 Å². The van der Waals surface area contributed by atoms with Crippen LogP contribution < -0.4 is 0 Å². The lowest BCUT2D eigenvalue weighted by molar-refractivity contribution is 0.146. The SMILES string of the molecule is c1ccc2c(C3OCCS3)cccc2c1. The average molecular weight is 216 g/mol. The maximum atomic E-state index is 5.71. The van der Waals surface area contributed by atoms with Crippen molar-refractivity contribution in [2.75, 3.05) is 12.4 Å². The topological polar surface area (TPSA) is 9.23 Å². The fourth-order valence-electron chi connectivity index (χ4n) is 1.99. The lowest BCUT2D eigenvalue weighted by Gasteiger charge is -2.11. The summed E-state index contributed by atoms with van der Waals surface area (Å²) >= 11 is 1.89. The van der Waals surface area contributed by atoms with Gasteiger partial charge in [0.1, 0.15) is 5.44 Å². The molecule has 76 valence electrons. The summed E-state index contributed by atoms with van der Waals surface area (Å²) in [6, 6.07) is 14.9. The Bertz CT molecular complexity index is 469. The van der Waals surface area contributed by atoms with Crippen LogP contribution in [-0.4, -0.2) is 12.4 Å². The normalized spacial score (nSPS) is 20.9. The molecule has 2 aromatic rings. The molecule has 2 heteroatoms. The number of thioether (sulfide) groups is 1. The highest BCUT2D eigenvalue weighted by Gasteiger charge is 2.19. The summed E-state index contributed by atoms with van der Waals surface area (Å²) in [7, 11) is 0. The van der Waals surface area contributed by atoms with Gasteiger partial charge in [0.05, 0.1) is 6.61 Å². The molecule has 1 saturated heterocycles. The van der Waals surface area contributed by atoms with Crippen LogP contribution >= 0.6 is 11.8 Å². The summed E-state index contributed by atoms with van der Waals surface area (Å²) in [6.07, 6.45) is 0. The Hall–Kier alpha value is -0.990. The molecule has 1 aliphatic heterocycles. The van der Waals surface area contributed by atoms with E-state index in [1.807, 2.05) is 11.8 Å². The molecule has 3 rings (SSSR count). The van der Waals surface area contributed by atoms with Crippen LogP contribution in [0.15, 0.2) is 42.5 Å². The zero-order chi connectivity index (χ0) is 10.1. The van der Waals surface area contributed by atoms with E-state index in [4.69, 9.17) is 4.74 Å². The van der Waals surface area contributed by atoms with E-state index in [0.29, 0.717) is 0 Å². The van der Waals surface area contributed by atoms with Crippen molar-refractivity contribution in [1.82, 2.24) is 0 Å². The Morgan fingerprint density at radius 2 is 1.93 bits per heavy atom. The first-order chi connectivity index (χ1) is 7.45. The Labute approximate surface area is 93.4 Å². The van der Waals surface area contributed by atoms with Crippen LogP contribution in [0, 0.1) is 0 Å². The lowest BCUT2D eigenvalue weighted by Crippen LogP contribution is -1.93. The van der Waals surface area contributed by atoms with Crippen molar-refractivity contribution in [2.24, 2.45) is 0 Å². The van der Waals surface area contributed by atoms with Crippen molar-refractivity contribution in [2.45, 2.75) is 5.44 Å². The van der Waals surface area contributed by atoms with Crippen molar-refractivity contribution in [3.63, 3.8) is 0 Å². The summed E-state index contributed by atoms with van der Waals surface area (Å²) in [5.74, 6) is 1.11. The minimum Gasteiger partial charge on any atom is -0.362 e. The molecule has 15 heavy (non-hydrogen) atoms. The number of benzene rings is 2. The molecule has 1 atom stereocenters. The first-order valence-electron chi connectivity index (χ1n) is 5.16. The third-order valence-corrected chi connectivity index (χ3v) is 3.79. The average Bonchev–Trinajstić information content (AvgIpc) is 2.82. The highest BCUT2D eigenvalue weighted by molar-refractivity contribution is 7.99. The summed E-state index contributed by atoms with van der Waals surface area (Å²) in [6.45, 7) is 0.874.